The molecule has 0 bridgehead atoms. The van der Waals surface area contributed by atoms with Gasteiger partial charge in [0.05, 0.1) is 0 Å². The number of rotatable bonds is 3. The Labute approximate surface area is 83.9 Å². The summed E-state index contributed by atoms with van der Waals surface area (Å²) >= 11 is 0. The third kappa shape index (κ3) is 2.72. The van der Waals surface area contributed by atoms with Crippen molar-refractivity contribution in [3.8, 4) is 0 Å². The second kappa shape index (κ2) is 4.98. The number of hydrogen-bond donors (Lipinski definition) is 1. The Bertz CT molecular complexity index is 217. The number of carbonyl (C=O) groups excluding carboxylic acids is 1. The Kier molecular flexibility index (Phi) is 3.92. The molecule has 1 fully saturated rings. The number of ketones is 1. The van der Waals surface area contributed by atoms with Crippen LogP contribution in [0.25, 0.3) is 0 Å². The van der Waals surface area contributed by atoms with Crippen molar-refractivity contribution >= 4 is 11.9 Å². The summed E-state index contributed by atoms with van der Waals surface area (Å²) in [6.07, 6.45) is 2.45. The van der Waals surface area contributed by atoms with E-state index < -0.39 is 6.09 Å². The van der Waals surface area contributed by atoms with Crippen molar-refractivity contribution in [2.24, 2.45) is 0 Å². The quantitative estimate of drug-likeness (QED) is 0.755. The van der Waals surface area contributed by atoms with Crippen molar-refractivity contribution in [2.75, 3.05) is 6.54 Å². The molecule has 0 saturated heterocycles. The molecule has 0 heterocycles. The Morgan fingerprint density at radius 2 is 2.07 bits per heavy atom. The fourth-order valence-electron chi connectivity index (χ4n) is 1.91. The Hall–Kier alpha value is -1.06. The number of carboxylic acid groups (broad SMARTS) is 1. The molecule has 1 saturated carbocycles. The molecule has 80 valence electrons. The Morgan fingerprint density at radius 1 is 1.50 bits per heavy atom. The maximum absolute atomic E-state index is 11.0. The summed E-state index contributed by atoms with van der Waals surface area (Å²) in [5.74, 6) is 0.267. The highest BCUT2D eigenvalue weighted by atomic mass is 16.4. The van der Waals surface area contributed by atoms with Crippen LogP contribution >= 0.6 is 0 Å². The predicted molar refractivity (Wildman–Crippen MR) is 52.3 cm³/mol. The van der Waals surface area contributed by atoms with Gasteiger partial charge in [-0.1, -0.05) is 6.92 Å². The van der Waals surface area contributed by atoms with Crippen LogP contribution in [0.3, 0.4) is 0 Å². The predicted octanol–water partition coefficient (Wildman–Crippen LogP) is 1.89. The first kappa shape index (κ1) is 11.0. The van der Waals surface area contributed by atoms with Gasteiger partial charge in [0.25, 0.3) is 0 Å². The first-order chi connectivity index (χ1) is 6.65. The molecule has 0 aromatic rings. The standard InChI is InChI=1S/C10H17NO3/c1-2-7-11(10(13)14)8-3-5-9(12)6-4-8/h8H,2-7H2,1H3,(H,13,14). The van der Waals surface area contributed by atoms with E-state index in [1.54, 1.807) is 0 Å². The summed E-state index contributed by atoms with van der Waals surface area (Å²) in [4.78, 5) is 23.4. The van der Waals surface area contributed by atoms with Crippen LogP contribution in [0.2, 0.25) is 0 Å². The molecule has 0 aliphatic heterocycles. The maximum atomic E-state index is 11.0. The van der Waals surface area contributed by atoms with Crippen LogP contribution in [0.4, 0.5) is 4.79 Å². The molecule has 0 aromatic carbocycles. The van der Waals surface area contributed by atoms with Crippen LogP contribution in [-0.4, -0.2) is 34.5 Å². The number of carbonyl (C=O) groups is 2. The van der Waals surface area contributed by atoms with E-state index in [0.29, 0.717) is 32.2 Å². The first-order valence-electron chi connectivity index (χ1n) is 5.16. The number of nitrogens with zero attached hydrogens (tertiary/aromatic N) is 1. The fraction of sp³-hybridized carbons (Fsp3) is 0.800. The lowest BCUT2D eigenvalue weighted by molar-refractivity contribution is -0.121. The van der Waals surface area contributed by atoms with E-state index in [0.717, 1.165) is 6.42 Å². The van der Waals surface area contributed by atoms with Gasteiger partial charge < -0.3 is 10.0 Å². The van der Waals surface area contributed by atoms with Gasteiger partial charge in [-0.05, 0) is 19.3 Å². The molecule has 14 heavy (non-hydrogen) atoms. The molecule has 1 aliphatic carbocycles. The van der Waals surface area contributed by atoms with Crippen LogP contribution in [-0.2, 0) is 4.79 Å². The van der Waals surface area contributed by atoms with Crippen molar-refractivity contribution in [1.29, 1.82) is 0 Å². The van der Waals surface area contributed by atoms with Gasteiger partial charge in [0.1, 0.15) is 5.78 Å². The highest BCUT2D eigenvalue weighted by Gasteiger charge is 2.26. The third-order valence-corrected chi connectivity index (χ3v) is 2.66. The molecule has 0 unspecified atom stereocenters. The van der Waals surface area contributed by atoms with Gasteiger partial charge in [-0.15, -0.1) is 0 Å². The van der Waals surface area contributed by atoms with Gasteiger partial charge in [0.2, 0.25) is 0 Å². The van der Waals surface area contributed by atoms with Crippen LogP contribution in [0.5, 0.6) is 0 Å². The average molecular weight is 199 g/mol. The van der Waals surface area contributed by atoms with Crippen LogP contribution in [0.1, 0.15) is 39.0 Å². The van der Waals surface area contributed by atoms with Gasteiger partial charge in [-0.25, -0.2) is 4.79 Å². The fourth-order valence-corrected chi connectivity index (χ4v) is 1.91. The van der Waals surface area contributed by atoms with Crippen LogP contribution < -0.4 is 0 Å². The van der Waals surface area contributed by atoms with Crippen LogP contribution in [0.15, 0.2) is 0 Å². The number of amides is 1. The Balaban J connectivity index is 2.51. The molecule has 0 spiro atoms. The molecule has 1 aliphatic rings. The molecule has 4 nitrogen and oxygen atoms in total. The van der Waals surface area contributed by atoms with E-state index in [1.165, 1.54) is 4.90 Å². The summed E-state index contributed by atoms with van der Waals surface area (Å²) in [5.41, 5.74) is 0. The topological polar surface area (TPSA) is 57.6 Å². The largest absolute Gasteiger partial charge is 0.465 e. The highest BCUT2D eigenvalue weighted by molar-refractivity contribution is 5.79. The molecule has 0 radical (unpaired) electrons. The summed E-state index contributed by atoms with van der Waals surface area (Å²) < 4.78 is 0. The average Bonchev–Trinajstić information content (AvgIpc) is 2.15. The van der Waals surface area contributed by atoms with E-state index in [4.69, 9.17) is 5.11 Å². The zero-order chi connectivity index (χ0) is 10.6. The smallest absolute Gasteiger partial charge is 0.407 e. The van der Waals surface area contributed by atoms with Crippen molar-refractivity contribution in [3.05, 3.63) is 0 Å². The monoisotopic (exact) mass is 199 g/mol. The second-order valence-corrected chi connectivity index (χ2v) is 3.75. The molecule has 1 N–H and O–H groups in total. The summed E-state index contributed by atoms with van der Waals surface area (Å²) in [6, 6.07) is 0.0603. The molecule has 0 atom stereocenters. The van der Waals surface area contributed by atoms with E-state index in [1.807, 2.05) is 6.92 Å². The van der Waals surface area contributed by atoms with Gasteiger partial charge in [-0.3, -0.25) is 4.79 Å². The van der Waals surface area contributed by atoms with Crippen molar-refractivity contribution in [3.63, 3.8) is 0 Å². The summed E-state index contributed by atoms with van der Waals surface area (Å²) in [6.45, 7) is 2.54. The molecule has 1 rings (SSSR count). The van der Waals surface area contributed by atoms with E-state index in [-0.39, 0.29) is 11.8 Å². The van der Waals surface area contributed by atoms with E-state index in [9.17, 15) is 9.59 Å². The normalized spacial score (nSPS) is 18.2. The van der Waals surface area contributed by atoms with Crippen LogP contribution in [0, 0.1) is 0 Å². The molecule has 0 aromatic heterocycles. The highest BCUT2D eigenvalue weighted by Crippen LogP contribution is 2.20. The van der Waals surface area contributed by atoms with Gasteiger partial charge in [0, 0.05) is 25.4 Å². The maximum Gasteiger partial charge on any atom is 0.407 e. The van der Waals surface area contributed by atoms with Crippen molar-refractivity contribution < 1.29 is 14.7 Å². The minimum atomic E-state index is -0.855. The first-order valence-corrected chi connectivity index (χ1v) is 5.16. The lowest BCUT2D eigenvalue weighted by Gasteiger charge is -2.31. The molecule has 4 heteroatoms. The number of hydrogen-bond acceptors (Lipinski definition) is 2. The molecular weight excluding hydrogens is 182 g/mol. The van der Waals surface area contributed by atoms with E-state index >= 15 is 0 Å². The lowest BCUT2D eigenvalue weighted by atomic mass is 9.93. The van der Waals surface area contributed by atoms with Gasteiger partial charge >= 0.3 is 6.09 Å². The minimum absolute atomic E-state index is 0.0603. The Morgan fingerprint density at radius 3 is 2.50 bits per heavy atom. The summed E-state index contributed by atoms with van der Waals surface area (Å²) in [5, 5.41) is 8.96. The SMILES string of the molecule is CCCN(C(=O)O)C1CCC(=O)CC1. The summed E-state index contributed by atoms with van der Waals surface area (Å²) in [7, 11) is 0. The molecule has 1 amide bonds. The zero-order valence-electron chi connectivity index (χ0n) is 8.53. The molecular formula is C10H17NO3. The number of Topliss-reactive ketones (excluding diaryl/α,β-unsaturated/α-hetero) is 1. The van der Waals surface area contributed by atoms with E-state index in [2.05, 4.69) is 0 Å². The zero-order valence-corrected chi connectivity index (χ0v) is 8.53. The third-order valence-electron chi connectivity index (χ3n) is 2.66. The van der Waals surface area contributed by atoms with Gasteiger partial charge in [-0.2, -0.15) is 0 Å². The van der Waals surface area contributed by atoms with Gasteiger partial charge in [0.15, 0.2) is 0 Å². The van der Waals surface area contributed by atoms with Crippen molar-refractivity contribution in [2.45, 2.75) is 45.1 Å². The van der Waals surface area contributed by atoms with Crippen molar-refractivity contribution in [1.82, 2.24) is 4.90 Å². The lowest BCUT2D eigenvalue weighted by Crippen LogP contribution is -2.42. The minimum Gasteiger partial charge on any atom is -0.465 e. The second-order valence-electron chi connectivity index (χ2n) is 3.75.